The molecule has 0 bridgehead atoms. The highest BCUT2D eigenvalue weighted by Gasteiger charge is 2.29. The van der Waals surface area contributed by atoms with Crippen molar-refractivity contribution in [3.05, 3.63) is 60.2 Å². The summed E-state index contributed by atoms with van der Waals surface area (Å²) >= 11 is 0. The molecular weight excluding hydrogens is 322 g/mol. The molecule has 2 aromatic carbocycles. The van der Waals surface area contributed by atoms with Crippen LogP contribution in [-0.2, 0) is 14.3 Å². The zero-order valence-corrected chi connectivity index (χ0v) is 13.8. The summed E-state index contributed by atoms with van der Waals surface area (Å²) in [4.78, 5) is 24.0. The van der Waals surface area contributed by atoms with Gasteiger partial charge in [0.2, 0.25) is 6.10 Å². The molecule has 2 atom stereocenters. The van der Waals surface area contributed by atoms with Crippen molar-refractivity contribution in [3.63, 3.8) is 0 Å². The van der Waals surface area contributed by atoms with E-state index < -0.39 is 12.1 Å². The van der Waals surface area contributed by atoms with Crippen LogP contribution in [0.15, 0.2) is 54.6 Å². The van der Waals surface area contributed by atoms with Crippen LogP contribution in [-0.4, -0.2) is 31.2 Å². The van der Waals surface area contributed by atoms with Crippen molar-refractivity contribution in [3.8, 4) is 11.5 Å². The minimum Gasteiger partial charge on any atom is -0.485 e. The maximum absolute atomic E-state index is 12.1. The molecule has 2 unspecified atom stereocenters. The summed E-state index contributed by atoms with van der Waals surface area (Å²) in [6, 6.07) is 16.4. The maximum atomic E-state index is 12.1. The van der Waals surface area contributed by atoms with Gasteiger partial charge in [0.05, 0.1) is 6.04 Å². The number of fused-ring (bicyclic) bond motifs is 1. The minimum atomic E-state index is -0.880. The van der Waals surface area contributed by atoms with Crippen molar-refractivity contribution in [1.82, 2.24) is 5.32 Å². The molecule has 1 amide bonds. The highest BCUT2D eigenvalue weighted by atomic mass is 16.6. The lowest BCUT2D eigenvalue weighted by Gasteiger charge is -2.24. The fourth-order valence-corrected chi connectivity index (χ4v) is 2.47. The molecule has 3 rings (SSSR count). The molecule has 6 nitrogen and oxygen atoms in total. The van der Waals surface area contributed by atoms with Gasteiger partial charge in [0.25, 0.3) is 5.91 Å². The Labute approximate surface area is 145 Å². The summed E-state index contributed by atoms with van der Waals surface area (Å²) in [6.07, 6.45) is -0.880. The lowest BCUT2D eigenvalue weighted by Crippen LogP contribution is -2.40. The fraction of sp³-hybridized carbons (Fsp3) is 0.263. The first-order chi connectivity index (χ1) is 12.1. The molecule has 25 heavy (non-hydrogen) atoms. The van der Waals surface area contributed by atoms with E-state index in [1.165, 1.54) is 0 Å². The van der Waals surface area contributed by atoms with Crippen LogP contribution in [0.5, 0.6) is 11.5 Å². The summed E-state index contributed by atoms with van der Waals surface area (Å²) in [6.45, 7) is 1.56. The normalized spacial score (nSPS) is 16.6. The number of esters is 1. The second-order valence-electron chi connectivity index (χ2n) is 5.67. The van der Waals surface area contributed by atoms with Gasteiger partial charge in [-0.05, 0) is 24.6 Å². The van der Waals surface area contributed by atoms with Gasteiger partial charge in [-0.15, -0.1) is 0 Å². The predicted octanol–water partition coefficient (Wildman–Crippen LogP) is 2.25. The van der Waals surface area contributed by atoms with E-state index in [2.05, 4.69) is 5.32 Å². The first kappa shape index (κ1) is 16.8. The van der Waals surface area contributed by atoms with Crippen molar-refractivity contribution in [2.24, 2.45) is 0 Å². The van der Waals surface area contributed by atoms with E-state index in [0.29, 0.717) is 11.5 Å². The van der Waals surface area contributed by atoms with E-state index >= 15 is 0 Å². The van der Waals surface area contributed by atoms with Gasteiger partial charge in [-0.25, -0.2) is 4.79 Å². The van der Waals surface area contributed by atoms with Crippen molar-refractivity contribution in [1.29, 1.82) is 0 Å². The third-order valence-corrected chi connectivity index (χ3v) is 3.79. The van der Waals surface area contributed by atoms with E-state index in [0.717, 1.165) is 5.56 Å². The highest BCUT2D eigenvalue weighted by Crippen LogP contribution is 2.31. The molecule has 0 fully saturated rings. The molecule has 1 aliphatic heterocycles. The molecule has 6 heteroatoms. The number of ether oxygens (including phenoxy) is 3. The number of para-hydroxylation sites is 2. The van der Waals surface area contributed by atoms with Gasteiger partial charge in [-0.3, -0.25) is 4.79 Å². The van der Waals surface area contributed by atoms with Gasteiger partial charge in [-0.1, -0.05) is 42.5 Å². The molecular formula is C19H19NO5. The number of hydrogen-bond acceptors (Lipinski definition) is 5. The summed E-state index contributed by atoms with van der Waals surface area (Å²) in [5.41, 5.74) is 0.975. The monoisotopic (exact) mass is 341 g/mol. The smallest absolute Gasteiger partial charge is 0.351 e. The Balaban J connectivity index is 1.47. The van der Waals surface area contributed by atoms with Crippen LogP contribution in [0, 0.1) is 0 Å². The van der Waals surface area contributed by atoms with Crippen LogP contribution in [0.2, 0.25) is 0 Å². The van der Waals surface area contributed by atoms with E-state index in [9.17, 15) is 9.59 Å². The Morgan fingerprint density at radius 1 is 1.12 bits per heavy atom. The van der Waals surface area contributed by atoms with Gasteiger partial charge in [0.1, 0.15) is 6.61 Å². The lowest BCUT2D eigenvalue weighted by molar-refractivity contribution is -0.157. The number of nitrogens with one attached hydrogen (secondary N) is 1. The van der Waals surface area contributed by atoms with Crippen molar-refractivity contribution in [2.75, 3.05) is 13.2 Å². The van der Waals surface area contributed by atoms with Crippen LogP contribution in [0.3, 0.4) is 0 Å². The zero-order chi connectivity index (χ0) is 17.6. The van der Waals surface area contributed by atoms with E-state index in [-0.39, 0.29) is 25.2 Å². The number of carbonyl (C=O) groups excluding carboxylic acids is 2. The second kappa shape index (κ2) is 7.70. The van der Waals surface area contributed by atoms with Gasteiger partial charge in [-0.2, -0.15) is 0 Å². The molecule has 1 heterocycles. The maximum Gasteiger partial charge on any atom is 0.351 e. The topological polar surface area (TPSA) is 73.9 Å². The zero-order valence-electron chi connectivity index (χ0n) is 13.8. The number of carbonyl (C=O) groups is 2. The third-order valence-electron chi connectivity index (χ3n) is 3.79. The van der Waals surface area contributed by atoms with Crippen LogP contribution >= 0.6 is 0 Å². The Kier molecular flexibility index (Phi) is 5.18. The molecule has 1 aliphatic rings. The Hall–Kier alpha value is -3.02. The van der Waals surface area contributed by atoms with Crippen LogP contribution in [0.1, 0.15) is 18.5 Å². The lowest BCUT2D eigenvalue weighted by atomic mass is 10.1. The third kappa shape index (κ3) is 4.29. The quantitative estimate of drug-likeness (QED) is 0.845. The SMILES string of the molecule is CC(NC(=O)COC(=O)C1COc2ccccc2O1)c1ccccc1. The molecule has 0 saturated carbocycles. The standard InChI is InChI=1S/C19H19NO5/c1-13(14-7-3-2-4-8-14)20-18(21)12-24-19(22)17-11-23-15-9-5-6-10-16(15)25-17/h2-10,13,17H,11-12H2,1H3,(H,20,21). The number of hydrogen-bond donors (Lipinski definition) is 1. The molecule has 2 aromatic rings. The first-order valence-electron chi connectivity index (χ1n) is 8.03. The second-order valence-corrected chi connectivity index (χ2v) is 5.67. The fourth-order valence-electron chi connectivity index (χ4n) is 2.47. The summed E-state index contributed by atoms with van der Waals surface area (Å²) in [5.74, 6) is 0.0673. The average molecular weight is 341 g/mol. The van der Waals surface area contributed by atoms with E-state index in [1.807, 2.05) is 43.3 Å². The Morgan fingerprint density at radius 3 is 2.56 bits per heavy atom. The summed E-state index contributed by atoms with van der Waals surface area (Å²) in [5, 5.41) is 2.78. The molecule has 0 saturated heterocycles. The van der Waals surface area contributed by atoms with Gasteiger partial charge in [0.15, 0.2) is 18.1 Å². The molecule has 1 N–H and O–H groups in total. The molecule has 0 radical (unpaired) electrons. The highest BCUT2D eigenvalue weighted by molar-refractivity contribution is 5.82. The van der Waals surface area contributed by atoms with Gasteiger partial charge >= 0.3 is 5.97 Å². The molecule has 0 spiro atoms. The summed E-state index contributed by atoms with van der Waals surface area (Å²) in [7, 11) is 0. The Morgan fingerprint density at radius 2 is 1.80 bits per heavy atom. The summed E-state index contributed by atoms with van der Waals surface area (Å²) < 4.78 is 16.0. The van der Waals surface area contributed by atoms with E-state index in [1.54, 1.807) is 18.2 Å². The first-order valence-corrected chi connectivity index (χ1v) is 8.03. The molecule has 0 aromatic heterocycles. The predicted molar refractivity (Wildman–Crippen MR) is 90.3 cm³/mol. The average Bonchev–Trinajstić information content (AvgIpc) is 2.66. The molecule has 130 valence electrons. The molecule has 0 aliphatic carbocycles. The van der Waals surface area contributed by atoms with Crippen molar-refractivity contribution in [2.45, 2.75) is 19.1 Å². The Bertz CT molecular complexity index is 746. The number of amides is 1. The van der Waals surface area contributed by atoms with Crippen LogP contribution in [0.4, 0.5) is 0 Å². The van der Waals surface area contributed by atoms with Crippen LogP contribution in [0.25, 0.3) is 0 Å². The van der Waals surface area contributed by atoms with E-state index in [4.69, 9.17) is 14.2 Å². The van der Waals surface area contributed by atoms with Crippen LogP contribution < -0.4 is 14.8 Å². The minimum absolute atomic E-state index is 0.0535. The van der Waals surface area contributed by atoms with Gasteiger partial charge in [0, 0.05) is 0 Å². The largest absolute Gasteiger partial charge is 0.485 e. The number of benzene rings is 2. The number of rotatable bonds is 5. The van der Waals surface area contributed by atoms with Crippen molar-refractivity contribution < 1.29 is 23.8 Å². The van der Waals surface area contributed by atoms with Gasteiger partial charge < -0.3 is 19.5 Å². The van der Waals surface area contributed by atoms with Crippen molar-refractivity contribution >= 4 is 11.9 Å².